The molecule has 1 N–H and O–H groups in total. The first-order chi connectivity index (χ1) is 5.16. The van der Waals surface area contributed by atoms with Gasteiger partial charge in [0.05, 0.1) is 5.02 Å². The number of rotatable bonds is 0. The zero-order valence-corrected chi connectivity index (χ0v) is 6.57. The number of H-pyrrole nitrogens is 1. The molecule has 11 heavy (non-hydrogen) atoms. The Hall–Kier alpha value is -1.27. The second-order valence-electron chi connectivity index (χ2n) is 2.08. The Morgan fingerprint density at radius 1 is 1.73 bits per heavy atom. The molecule has 0 aromatic carbocycles. The standard InChI is InChI=1S/C7H5ClN2O/c1-4-5(2-9)7(11)10-3-6(4)8/h3H,1H3,(H,10,11). The highest BCUT2D eigenvalue weighted by Gasteiger charge is 2.04. The van der Waals surface area contributed by atoms with Gasteiger partial charge in [-0.1, -0.05) is 11.6 Å². The molecule has 3 nitrogen and oxygen atoms in total. The first kappa shape index (κ1) is 7.83. The second-order valence-corrected chi connectivity index (χ2v) is 2.48. The number of aromatic nitrogens is 1. The van der Waals surface area contributed by atoms with Gasteiger partial charge in [-0.05, 0) is 12.5 Å². The third-order valence-electron chi connectivity index (χ3n) is 1.40. The molecule has 1 rings (SSSR count). The van der Waals surface area contributed by atoms with Crippen molar-refractivity contribution in [3.8, 4) is 6.07 Å². The fourth-order valence-corrected chi connectivity index (χ4v) is 0.883. The monoisotopic (exact) mass is 168 g/mol. The molecule has 0 saturated carbocycles. The van der Waals surface area contributed by atoms with Crippen molar-refractivity contribution >= 4 is 11.6 Å². The highest BCUT2D eigenvalue weighted by Crippen LogP contribution is 2.12. The number of aromatic amines is 1. The summed E-state index contributed by atoms with van der Waals surface area (Å²) in [6.45, 7) is 1.64. The molecule has 1 aromatic rings. The molecule has 0 fully saturated rings. The summed E-state index contributed by atoms with van der Waals surface area (Å²) < 4.78 is 0. The number of hydrogen-bond donors (Lipinski definition) is 1. The van der Waals surface area contributed by atoms with E-state index < -0.39 is 5.56 Å². The Kier molecular flexibility index (Phi) is 1.97. The van der Waals surface area contributed by atoms with E-state index in [1.54, 1.807) is 13.0 Å². The van der Waals surface area contributed by atoms with E-state index in [9.17, 15) is 4.79 Å². The minimum atomic E-state index is -0.394. The van der Waals surface area contributed by atoms with Gasteiger partial charge in [0, 0.05) is 6.20 Å². The summed E-state index contributed by atoms with van der Waals surface area (Å²) in [5.41, 5.74) is 0.213. The maximum absolute atomic E-state index is 10.9. The topological polar surface area (TPSA) is 56.6 Å². The molecule has 0 bridgehead atoms. The van der Waals surface area contributed by atoms with E-state index in [1.807, 2.05) is 0 Å². The summed E-state index contributed by atoms with van der Waals surface area (Å²) in [6, 6.07) is 1.78. The maximum atomic E-state index is 10.9. The number of pyridine rings is 1. The first-order valence-corrected chi connectivity index (χ1v) is 3.32. The van der Waals surface area contributed by atoms with Crippen molar-refractivity contribution in [2.75, 3.05) is 0 Å². The van der Waals surface area contributed by atoms with Gasteiger partial charge in [-0.25, -0.2) is 0 Å². The van der Waals surface area contributed by atoms with Crippen LogP contribution in [0.4, 0.5) is 0 Å². The van der Waals surface area contributed by atoms with Gasteiger partial charge >= 0.3 is 0 Å². The summed E-state index contributed by atoms with van der Waals surface area (Å²) in [7, 11) is 0. The van der Waals surface area contributed by atoms with Crippen molar-refractivity contribution in [3.63, 3.8) is 0 Å². The minimum absolute atomic E-state index is 0.0810. The molecule has 0 atom stereocenters. The summed E-state index contributed by atoms with van der Waals surface area (Å²) >= 11 is 5.64. The quantitative estimate of drug-likeness (QED) is 0.633. The van der Waals surface area contributed by atoms with Crippen molar-refractivity contribution in [2.45, 2.75) is 6.92 Å². The average Bonchev–Trinajstić information content (AvgIpc) is 1.99. The van der Waals surface area contributed by atoms with Crippen LogP contribution in [-0.4, -0.2) is 4.98 Å². The van der Waals surface area contributed by atoms with E-state index in [2.05, 4.69) is 4.98 Å². The van der Waals surface area contributed by atoms with Gasteiger partial charge in [0.2, 0.25) is 0 Å². The zero-order chi connectivity index (χ0) is 8.43. The van der Waals surface area contributed by atoms with Gasteiger partial charge in [0.15, 0.2) is 0 Å². The molecule has 0 radical (unpaired) electrons. The molecule has 1 aromatic heterocycles. The normalized spacial score (nSPS) is 9.18. The van der Waals surface area contributed by atoms with Crippen LogP contribution in [0.1, 0.15) is 11.1 Å². The fraction of sp³-hybridized carbons (Fsp3) is 0.143. The van der Waals surface area contributed by atoms with Crippen molar-refractivity contribution in [2.24, 2.45) is 0 Å². The Morgan fingerprint density at radius 2 is 2.36 bits per heavy atom. The van der Waals surface area contributed by atoms with Crippen LogP contribution in [0.25, 0.3) is 0 Å². The molecule has 0 aliphatic heterocycles. The van der Waals surface area contributed by atoms with Gasteiger partial charge in [-0.3, -0.25) is 4.79 Å². The average molecular weight is 169 g/mol. The van der Waals surface area contributed by atoms with E-state index >= 15 is 0 Å². The third-order valence-corrected chi connectivity index (χ3v) is 1.79. The Morgan fingerprint density at radius 3 is 2.82 bits per heavy atom. The number of nitriles is 1. The lowest BCUT2D eigenvalue weighted by atomic mass is 10.2. The molecule has 0 unspecified atom stereocenters. The molecule has 0 amide bonds. The highest BCUT2D eigenvalue weighted by atomic mass is 35.5. The number of nitrogens with zero attached hydrogens (tertiary/aromatic N) is 1. The molecule has 56 valence electrons. The van der Waals surface area contributed by atoms with E-state index in [0.717, 1.165) is 0 Å². The molecule has 0 spiro atoms. The first-order valence-electron chi connectivity index (χ1n) is 2.94. The van der Waals surface area contributed by atoms with E-state index in [4.69, 9.17) is 16.9 Å². The predicted molar refractivity (Wildman–Crippen MR) is 41.5 cm³/mol. The Bertz CT molecular complexity index is 375. The fourth-order valence-electron chi connectivity index (χ4n) is 0.734. The summed E-state index contributed by atoms with van der Waals surface area (Å²) in [4.78, 5) is 13.2. The van der Waals surface area contributed by atoms with Crippen LogP contribution in [0.3, 0.4) is 0 Å². The van der Waals surface area contributed by atoms with Crippen LogP contribution in [0.15, 0.2) is 11.0 Å². The molecule has 0 aliphatic carbocycles. The van der Waals surface area contributed by atoms with Crippen LogP contribution >= 0.6 is 11.6 Å². The number of hydrogen-bond acceptors (Lipinski definition) is 2. The van der Waals surface area contributed by atoms with Crippen molar-refractivity contribution in [3.05, 3.63) is 32.7 Å². The summed E-state index contributed by atoms with van der Waals surface area (Å²) in [6.07, 6.45) is 1.38. The van der Waals surface area contributed by atoms with Crippen LogP contribution in [0.2, 0.25) is 5.02 Å². The lowest BCUT2D eigenvalue weighted by Crippen LogP contribution is -2.10. The lowest BCUT2D eigenvalue weighted by molar-refractivity contribution is 1.18. The summed E-state index contributed by atoms with van der Waals surface area (Å²) in [5, 5.41) is 8.90. The van der Waals surface area contributed by atoms with Crippen molar-refractivity contribution in [1.82, 2.24) is 4.98 Å². The predicted octanol–water partition coefficient (Wildman–Crippen LogP) is 1.21. The lowest BCUT2D eigenvalue weighted by Gasteiger charge is -1.96. The minimum Gasteiger partial charge on any atom is -0.326 e. The molecule has 0 aliphatic rings. The number of nitrogens with one attached hydrogen (secondary N) is 1. The van der Waals surface area contributed by atoms with Gasteiger partial charge < -0.3 is 4.98 Å². The van der Waals surface area contributed by atoms with E-state index in [1.165, 1.54) is 6.20 Å². The highest BCUT2D eigenvalue weighted by molar-refractivity contribution is 6.31. The van der Waals surface area contributed by atoms with Crippen LogP contribution in [-0.2, 0) is 0 Å². The van der Waals surface area contributed by atoms with Gasteiger partial charge in [-0.15, -0.1) is 0 Å². The smallest absolute Gasteiger partial charge is 0.266 e. The van der Waals surface area contributed by atoms with Crippen LogP contribution in [0, 0.1) is 18.3 Å². The van der Waals surface area contributed by atoms with Gasteiger partial charge in [0.1, 0.15) is 11.6 Å². The van der Waals surface area contributed by atoms with E-state index in [0.29, 0.717) is 10.6 Å². The van der Waals surface area contributed by atoms with Gasteiger partial charge in [0.25, 0.3) is 5.56 Å². The Balaban J connectivity index is 3.57. The molecular weight excluding hydrogens is 164 g/mol. The molecule has 0 saturated heterocycles. The third kappa shape index (κ3) is 1.26. The maximum Gasteiger partial charge on any atom is 0.266 e. The number of halogens is 1. The molecular formula is C7H5ClN2O. The van der Waals surface area contributed by atoms with Crippen LogP contribution in [0.5, 0.6) is 0 Å². The zero-order valence-electron chi connectivity index (χ0n) is 5.81. The Labute approximate surface area is 68.2 Å². The van der Waals surface area contributed by atoms with E-state index in [-0.39, 0.29) is 5.56 Å². The largest absolute Gasteiger partial charge is 0.326 e. The van der Waals surface area contributed by atoms with Crippen LogP contribution < -0.4 is 5.56 Å². The SMILES string of the molecule is Cc1c(Cl)c[nH]c(=O)c1C#N. The summed E-state index contributed by atoms with van der Waals surface area (Å²) in [5.74, 6) is 0. The second kappa shape index (κ2) is 2.77. The van der Waals surface area contributed by atoms with Gasteiger partial charge in [-0.2, -0.15) is 5.26 Å². The van der Waals surface area contributed by atoms with Crippen molar-refractivity contribution in [1.29, 1.82) is 5.26 Å². The van der Waals surface area contributed by atoms with Crippen molar-refractivity contribution < 1.29 is 0 Å². The molecule has 1 heterocycles. The molecule has 4 heteroatoms.